The van der Waals surface area contributed by atoms with E-state index in [0.717, 1.165) is 0 Å². The van der Waals surface area contributed by atoms with Crippen LogP contribution in [0.25, 0.3) is 10.9 Å². The van der Waals surface area contributed by atoms with Gasteiger partial charge in [0.25, 0.3) is 11.6 Å². The van der Waals surface area contributed by atoms with Crippen LogP contribution in [0.4, 0.5) is 5.69 Å². The number of benzene rings is 1. The number of carboxylic acids is 1. The molecule has 0 spiro atoms. The van der Waals surface area contributed by atoms with Gasteiger partial charge in [0.15, 0.2) is 0 Å². The molecule has 0 fully saturated rings. The minimum Gasteiger partial charge on any atom is -0.481 e. The number of carbonyl (C=O) groups is 2. The molecular formula is C15H17N3O6. The molecule has 0 aliphatic heterocycles. The molecule has 0 radical (unpaired) electrons. The predicted octanol–water partition coefficient (Wildman–Crippen LogP) is 1.69. The number of methoxy groups -OCH3 is 1. The number of para-hydroxylation sites is 1. The number of amides is 1. The van der Waals surface area contributed by atoms with Gasteiger partial charge in [0, 0.05) is 18.6 Å². The van der Waals surface area contributed by atoms with E-state index in [1.54, 1.807) is 13.0 Å². The van der Waals surface area contributed by atoms with Crippen molar-refractivity contribution in [3.05, 3.63) is 40.1 Å². The fourth-order valence-electron chi connectivity index (χ4n) is 2.54. The number of nitro benzene ring substituents is 1. The van der Waals surface area contributed by atoms with Gasteiger partial charge in [-0.25, -0.2) is 0 Å². The Morgan fingerprint density at radius 3 is 2.75 bits per heavy atom. The van der Waals surface area contributed by atoms with Crippen molar-refractivity contribution < 1.29 is 24.4 Å². The second-order valence-electron chi connectivity index (χ2n) is 5.70. The molecule has 9 heteroatoms. The summed E-state index contributed by atoms with van der Waals surface area (Å²) in [5.74, 6) is -1.65. The van der Waals surface area contributed by atoms with Crippen molar-refractivity contribution in [1.29, 1.82) is 0 Å². The van der Waals surface area contributed by atoms with Crippen LogP contribution in [0.15, 0.2) is 24.3 Å². The Morgan fingerprint density at radius 2 is 2.17 bits per heavy atom. The van der Waals surface area contributed by atoms with Crippen LogP contribution in [-0.2, 0) is 9.53 Å². The van der Waals surface area contributed by atoms with Gasteiger partial charge < -0.3 is 20.1 Å². The van der Waals surface area contributed by atoms with E-state index in [-0.39, 0.29) is 29.9 Å². The Kier molecular flexibility index (Phi) is 4.84. The lowest BCUT2D eigenvalue weighted by molar-refractivity contribution is -0.383. The number of aromatic nitrogens is 1. The quantitative estimate of drug-likeness (QED) is 0.520. The molecular weight excluding hydrogens is 318 g/mol. The number of nitrogens with zero attached hydrogens (tertiary/aromatic N) is 1. The van der Waals surface area contributed by atoms with Crippen molar-refractivity contribution in [1.82, 2.24) is 10.3 Å². The number of ether oxygens (including phenoxy) is 1. The summed E-state index contributed by atoms with van der Waals surface area (Å²) in [6, 6.07) is 5.97. The summed E-state index contributed by atoms with van der Waals surface area (Å²) in [5.41, 5.74) is -0.913. The number of carboxylic acid groups (broad SMARTS) is 1. The van der Waals surface area contributed by atoms with Gasteiger partial charge in [-0.15, -0.1) is 0 Å². The van der Waals surface area contributed by atoms with E-state index in [1.807, 2.05) is 0 Å². The number of aromatic amines is 1. The number of hydrogen-bond acceptors (Lipinski definition) is 5. The highest BCUT2D eigenvalue weighted by Crippen LogP contribution is 2.25. The zero-order valence-corrected chi connectivity index (χ0v) is 13.2. The van der Waals surface area contributed by atoms with Crippen LogP contribution in [0.2, 0.25) is 0 Å². The summed E-state index contributed by atoms with van der Waals surface area (Å²) in [7, 11) is 1.40. The lowest BCUT2D eigenvalue weighted by Gasteiger charge is -2.28. The summed E-state index contributed by atoms with van der Waals surface area (Å²) in [4.78, 5) is 36.6. The molecule has 1 heterocycles. The van der Waals surface area contributed by atoms with E-state index in [1.165, 1.54) is 25.3 Å². The van der Waals surface area contributed by atoms with E-state index in [9.17, 15) is 19.7 Å². The molecule has 0 aliphatic rings. The summed E-state index contributed by atoms with van der Waals surface area (Å²) >= 11 is 0. The molecule has 0 saturated carbocycles. The monoisotopic (exact) mass is 335 g/mol. The normalized spacial score (nSPS) is 13.4. The predicted molar refractivity (Wildman–Crippen MR) is 85.0 cm³/mol. The first-order valence-corrected chi connectivity index (χ1v) is 7.05. The van der Waals surface area contributed by atoms with Crippen molar-refractivity contribution in [2.75, 3.05) is 13.7 Å². The van der Waals surface area contributed by atoms with Gasteiger partial charge in [0.2, 0.25) is 0 Å². The number of carbonyl (C=O) groups excluding carboxylic acids is 1. The first kappa shape index (κ1) is 17.4. The minimum atomic E-state index is -1.11. The number of nitrogens with one attached hydrogen (secondary N) is 2. The van der Waals surface area contributed by atoms with Crippen LogP contribution < -0.4 is 5.32 Å². The third kappa shape index (κ3) is 3.69. The van der Waals surface area contributed by atoms with E-state index in [0.29, 0.717) is 5.39 Å². The smallest absolute Gasteiger partial charge is 0.305 e. The fourth-order valence-corrected chi connectivity index (χ4v) is 2.54. The maximum absolute atomic E-state index is 12.4. The van der Waals surface area contributed by atoms with E-state index in [2.05, 4.69) is 10.3 Å². The van der Waals surface area contributed by atoms with Crippen LogP contribution in [0.1, 0.15) is 23.8 Å². The number of non-ortho nitro benzene ring substituents is 1. The molecule has 9 nitrogen and oxygen atoms in total. The Bertz CT molecular complexity index is 800. The van der Waals surface area contributed by atoms with Gasteiger partial charge in [-0.2, -0.15) is 0 Å². The standard InChI is InChI=1S/C15H17N3O6/c1-15(8-24-2,7-12(19)20)17-14(21)10-6-9-4-3-5-11(18(22)23)13(9)16-10/h3-6,16H,7-8H2,1-2H3,(H,17,21)(H,19,20). The molecule has 3 N–H and O–H groups in total. The van der Waals surface area contributed by atoms with Gasteiger partial charge in [0.05, 0.1) is 23.5 Å². The van der Waals surface area contributed by atoms with Crippen LogP contribution in [-0.4, -0.2) is 46.1 Å². The summed E-state index contributed by atoms with van der Waals surface area (Å²) < 4.78 is 4.98. The van der Waals surface area contributed by atoms with Crippen molar-refractivity contribution in [3.63, 3.8) is 0 Å². The Balaban J connectivity index is 2.32. The number of hydrogen-bond donors (Lipinski definition) is 3. The zero-order valence-electron chi connectivity index (χ0n) is 13.2. The third-order valence-electron chi connectivity index (χ3n) is 3.50. The lowest BCUT2D eigenvalue weighted by atomic mass is 9.98. The largest absolute Gasteiger partial charge is 0.481 e. The molecule has 2 aromatic rings. The first-order valence-electron chi connectivity index (χ1n) is 7.05. The average Bonchev–Trinajstić information content (AvgIpc) is 2.89. The molecule has 24 heavy (non-hydrogen) atoms. The van der Waals surface area contributed by atoms with Gasteiger partial charge in [-0.3, -0.25) is 19.7 Å². The SMILES string of the molecule is COCC(C)(CC(=O)O)NC(=O)c1cc2cccc([N+](=O)[O-])c2[nH]1. The van der Waals surface area contributed by atoms with Crippen molar-refractivity contribution in [2.24, 2.45) is 0 Å². The van der Waals surface area contributed by atoms with Gasteiger partial charge in [0.1, 0.15) is 11.2 Å². The Morgan fingerprint density at radius 1 is 1.46 bits per heavy atom. The summed E-state index contributed by atoms with van der Waals surface area (Å²) in [5, 5.41) is 23.1. The molecule has 0 saturated heterocycles. The van der Waals surface area contributed by atoms with Crippen LogP contribution in [0.5, 0.6) is 0 Å². The molecule has 1 unspecified atom stereocenters. The number of H-pyrrole nitrogens is 1. The van der Waals surface area contributed by atoms with Crippen molar-refractivity contribution in [3.8, 4) is 0 Å². The first-order chi connectivity index (χ1) is 11.3. The fraction of sp³-hybridized carbons (Fsp3) is 0.333. The summed E-state index contributed by atoms with van der Waals surface area (Å²) in [6.45, 7) is 1.55. The van der Waals surface area contributed by atoms with Crippen molar-refractivity contribution in [2.45, 2.75) is 18.9 Å². The third-order valence-corrected chi connectivity index (χ3v) is 3.50. The maximum Gasteiger partial charge on any atom is 0.305 e. The molecule has 1 aromatic heterocycles. The number of rotatable bonds is 7. The second kappa shape index (κ2) is 6.67. The lowest BCUT2D eigenvalue weighted by Crippen LogP contribution is -2.50. The number of aliphatic carboxylic acids is 1. The second-order valence-corrected chi connectivity index (χ2v) is 5.70. The highest BCUT2D eigenvalue weighted by Gasteiger charge is 2.30. The van der Waals surface area contributed by atoms with Crippen LogP contribution in [0, 0.1) is 10.1 Å². The molecule has 0 aliphatic carbocycles. The highest BCUT2D eigenvalue weighted by molar-refractivity contribution is 6.00. The molecule has 1 aromatic carbocycles. The molecule has 0 bridgehead atoms. The number of fused-ring (bicyclic) bond motifs is 1. The van der Waals surface area contributed by atoms with Crippen LogP contribution in [0.3, 0.4) is 0 Å². The zero-order chi connectivity index (χ0) is 17.9. The maximum atomic E-state index is 12.4. The Hall–Kier alpha value is -2.94. The van der Waals surface area contributed by atoms with Gasteiger partial charge in [-0.1, -0.05) is 12.1 Å². The van der Waals surface area contributed by atoms with Gasteiger partial charge in [-0.05, 0) is 13.0 Å². The molecule has 2 rings (SSSR count). The Labute approximate surface area is 136 Å². The highest BCUT2D eigenvalue weighted by atomic mass is 16.6. The average molecular weight is 335 g/mol. The van der Waals surface area contributed by atoms with Crippen LogP contribution >= 0.6 is 0 Å². The number of nitro groups is 1. The summed E-state index contributed by atoms with van der Waals surface area (Å²) in [6.07, 6.45) is -0.326. The van der Waals surface area contributed by atoms with E-state index in [4.69, 9.17) is 9.84 Å². The molecule has 1 atom stereocenters. The van der Waals surface area contributed by atoms with E-state index < -0.39 is 22.3 Å². The van der Waals surface area contributed by atoms with E-state index >= 15 is 0 Å². The molecule has 1 amide bonds. The molecule has 128 valence electrons. The topological polar surface area (TPSA) is 135 Å². The minimum absolute atomic E-state index is 0.00537. The van der Waals surface area contributed by atoms with Crippen molar-refractivity contribution >= 4 is 28.5 Å². The van der Waals surface area contributed by atoms with Gasteiger partial charge >= 0.3 is 5.97 Å².